The average molecular weight is 913 g/mol. The molecule has 3 aliphatic rings. The van der Waals surface area contributed by atoms with Crippen molar-refractivity contribution in [3.63, 3.8) is 0 Å². The summed E-state index contributed by atoms with van der Waals surface area (Å²) in [6.45, 7) is 2.77. The van der Waals surface area contributed by atoms with E-state index in [0.717, 1.165) is 73.3 Å². The molecule has 4 amide bonds. The van der Waals surface area contributed by atoms with Gasteiger partial charge in [0.25, 0.3) is 11.8 Å². The highest BCUT2D eigenvalue weighted by molar-refractivity contribution is 6.25. The summed E-state index contributed by atoms with van der Waals surface area (Å²) in [7, 11) is 1.22. The molecule has 2 atom stereocenters. The van der Waals surface area contributed by atoms with E-state index >= 15 is 0 Å². The van der Waals surface area contributed by atoms with Crippen molar-refractivity contribution >= 4 is 52.0 Å². The maximum atomic E-state index is 14.9. The first-order chi connectivity index (χ1) is 32.5. The van der Waals surface area contributed by atoms with Crippen LogP contribution in [0.2, 0.25) is 0 Å². The highest BCUT2D eigenvalue weighted by Crippen LogP contribution is 2.36. The van der Waals surface area contributed by atoms with Crippen molar-refractivity contribution in [2.45, 2.75) is 75.9 Å². The van der Waals surface area contributed by atoms with Crippen LogP contribution in [0.25, 0.3) is 22.4 Å². The molecule has 0 aliphatic carbocycles. The molecular formula is C48H50F2N12O5. The predicted molar refractivity (Wildman–Crippen MR) is 245 cm³/mol. The van der Waals surface area contributed by atoms with Gasteiger partial charge in [-0.2, -0.15) is 0 Å². The third kappa shape index (κ3) is 9.10. The molecule has 7 heterocycles. The molecule has 67 heavy (non-hydrogen) atoms. The van der Waals surface area contributed by atoms with Crippen LogP contribution in [0.1, 0.15) is 89.8 Å². The fourth-order valence-corrected chi connectivity index (χ4v) is 9.30. The van der Waals surface area contributed by atoms with E-state index in [1.54, 1.807) is 36.9 Å². The monoisotopic (exact) mass is 912 g/mol. The number of hydrogen-bond acceptors (Lipinski definition) is 14. The number of hydrogen-bond donors (Lipinski definition) is 4. The van der Waals surface area contributed by atoms with Crippen LogP contribution in [-0.4, -0.2) is 97.3 Å². The Morgan fingerprint density at radius 2 is 1.69 bits per heavy atom. The van der Waals surface area contributed by atoms with Gasteiger partial charge in [-0.25, -0.2) is 23.7 Å². The Kier molecular flexibility index (Phi) is 12.8. The molecule has 6 aromatic rings. The van der Waals surface area contributed by atoms with Gasteiger partial charge in [0.15, 0.2) is 28.8 Å². The smallest absolute Gasteiger partial charge is 0.264 e. The number of amides is 4. The molecule has 19 heteroatoms. The maximum Gasteiger partial charge on any atom is 0.264 e. The molecular weight excluding hydrogens is 863 g/mol. The third-order valence-corrected chi connectivity index (χ3v) is 12.7. The number of anilines is 3. The number of fused-ring (bicyclic) bond motifs is 2. The van der Waals surface area contributed by atoms with E-state index in [-0.39, 0.29) is 29.5 Å². The van der Waals surface area contributed by atoms with E-state index in [0.29, 0.717) is 54.5 Å². The maximum absolute atomic E-state index is 14.9. The molecule has 0 saturated carbocycles. The number of piperidine rings is 2. The highest BCUT2D eigenvalue weighted by atomic mass is 19.1. The van der Waals surface area contributed by atoms with Gasteiger partial charge in [0.2, 0.25) is 11.8 Å². The van der Waals surface area contributed by atoms with Gasteiger partial charge in [-0.05, 0) is 80.1 Å². The Hall–Kier alpha value is -7.41. The van der Waals surface area contributed by atoms with Gasteiger partial charge in [0.05, 0.1) is 59.9 Å². The number of carbonyl (C=O) groups excluding carboxylic acids is 4. The Morgan fingerprint density at radius 1 is 0.896 bits per heavy atom. The number of halogens is 2. The van der Waals surface area contributed by atoms with Gasteiger partial charge in [0.1, 0.15) is 17.9 Å². The van der Waals surface area contributed by atoms with E-state index in [1.165, 1.54) is 25.6 Å². The Balaban J connectivity index is 0.818. The number of nitrogens with two attached hydrogens (primary N) is 1. The molecule has 2 saturated heterocycles. The number of imide groups is 2. The van der Waals surface area contributed by atoms with Gasteiger partial charge in [-0.3, -0.25) is 39.4 Å². The van der Waals surface area contributed by atoms with Crippen molar-refractivity contribution in [1.29, 1.82) is 0 Å². The SMILES string of the molecule is COc1c(F)cc(-c2cc(Cn3cnc4c(NCCCCCCCNc5cccc6c5C(=O)N(C5CCC(=O)NC5=O)C6=O)ncnc43)c(N3CCC[C@@](N)(c4ccccn4)C3)cn2)cc1F. The quantitative estimate of drug-likeness (QED) is 0.0615. The molecule has 0 spiro atoms. The van der Waals surface area contributed by atoms with Gasteiger partial charge in [-0.1, -0.05) is 31.4 Å². The van der Waals surface area contributed by atoms with Crippen LogP contribution in [0.4, 0.5) is 26.0 Å². The van der Waals surface area contributed by atoms with E-state index in [1.807, 2.05) is 28.8 Å². The lowest BCUT2D eigenvalue weighted by Crippen LogP contribution is -2.54. The summed E-state index contributed by atoms with van der Waals surface area (Å²) in [6.07, 6.45) is 13.0. The normalized spacial score (nSPS) is 18.4. The summed E-state index contributed by atoms with van der Waals surface area (Å²) >= 11 is 0. The molecule has 2 aromatic carbocycles. The number of rotatable bonds is 17. The molecule has 5 N–H and O–H groups in total. The topological polar surface area (TPSA) is 215 Å². The summed E-state index contributed by atoms with van der Waals surface area (Å²) in [5.74, 6) is -3.64. The first-order valence-corrected chi connectivity index (χ1v) is 22.5. The predicted octanol–water partition coefficient (Wildman–Crippen LogP) is 5.95. The Labute approximate surface area is 384 Å². The van der Waals surface area contributed by atoms with Crippen LogP contribution in [0.15, 0.2) is 79.6 Å². The summed E-state index contributed by atoms with van der Waals surface area (Å²) in [5, 5.41) is 8.96. The number of nitrogens with zero attached hydrogens (tertiary/aromatic N) is 8. The number of nitrogens with one attached hydrogen (secondary N) is 3. The second-order valence-corrected chi connectivity index (χ2v) is 17.1. The second-order valence-electron chi connectivity index (χ2n) is 17.1. The minimum Gasteiger partial charge on any atom is -0.491 e. The number of unbranched alkanes of at least 4 members (excludes halogenated alkanes) is 4. The zero-order chi connectivity index (χ0) is 46.7. The molecule has 3 aliphatic heterocycles. The number of carbonyl (C=O) groups is 4. The Bertz CT molecular complexity index is 2840. The Morgan fingerprint density at radius 3 is 2.45 bits per heavy atom. The fourth-order valence-electron chi connectivity index (χ4n) is 9.30. The molecule has 4 aromatic heterocycles. The number of ether oxygens (including phenoxy) is 1. The van der Waals surface area contributed by atoms with Crippen LogP contribution < -0.4 is 31.3 Å². The standard InChI is InChI=1S/C48H50F2N12O5/c1-67-42-32(49)21-29(22-33(42)50)35-23-30(37(24-55-35)60-20-10-16-48(51,26-60)38-13-5-8-18-53-38)25-61-28-58-41-43(56-27-57-44(41)61)54-19-7-4-2-3-6-17-52-34-12-9-11-31-40(34)47(66)62(46(31)65)36-14-15-39(63)59-45(36)64/h5,8-9,11-13,18,21-24,27-28,36,52H,2-4,6-7,10,14-17,19-20,25-26,51H2,1H3,(H,54,56,57)(H,59,63,64)/t36?,48-/m0/s1. The summed E-state index contributed by atoms with van der Waals surface area (Å²) < 4.78 is 36.7. The van der Waals surface area contributed by atoms with Crippen LogP contribution >= 0.6 is 0 Å². The van der Waals surface area contributed by atoms with E-state index in [4.69, 9.17) is 15.5 Å². The number of imidazole rings is 1. The van der Waals surface area contributed by atoms with Gasteiger partial charge in [-0.15, -0.1) is 0 Å². The van der Waals surface area contributed by atoms with Crippen molar-refractivity contribution in [3.8, 4) is 17.0 Å². The summed E-state index contributed by atoms with van der Waals surface area (Å²) in [5.41, 5.74) is 11.7. The van der Waals surface area contributed by atoms with E-state index < -0.39 is 52.6 Å². The lowest BCUT2D eigenvalue weighted by atomic mass is 9.86. The summed E-state index contributed by atoms with van der Waals surface area (Å²) in [4.78, 5) is 76.9. The number of aromatic nitrogens is 6. The van der Waals surface area contributed by atoms with Gasteiger partial charge >= 0.3 is 0 Å². The molecule has 17 nitrogen and oxygen atoms in total. The van der Waals surface area contributed by atoms with Crippen molar-refractivity contribution in [2.24, 2.45) is 5.73 Å². The molecule has 0 bridgehead atoms. The third-order valence-electron chi connectivity index (χ3n) is 12.7. The lowest BCUT2D eigenvalue weighted by molar-refractivity contribution is -0.136. The first kappa shape index (κ1) is 44.8. The largest absolute Gasteiger partial charge is 0.491 e. The van der Waals surface area contributed by atoms with Crippen LogP contribution in [0.3, 0.4) is 0 Å². The van der Waals surface area contributed by atoms with Gasteiger partial charge in [0, 0.05) is 50.0 Å². The number of methoxy groups -OCH3 is 1. The summed E-state index contributed by atoms with van der Waals surface area (Å²) in [6, 6.07) is 14.0. The fraction of sp³-hybridized carbons (Fsp3) is 0.354. The van der Waals surface area contributed by atoms with Crippen molar-refractivity contribution in [2.75, 3.05) is 48.8 Å². The molecule has 0 radical (unpaired) electrons. The van der Waals surface area contributed by atoms with Crippen molar-refractivity contribution in [3.05, 3.63) is 114 Å². The number of benzene rings is 2. The highest BCUT2D eigenvalue weighted by Gasteiger charge is 2.45. The molecule has 1 unspecified atom stereocenters. The van der Waals surface area contributed by atoms with Crippen molar-refractivity contribution < 1.29 is 32.7 Å². The zero-order valence-corrected chi connectivity index (χ0v) is 36.9. The second kappa shape index (κ2) is 19.2. The average Bonchev–Trinajstić information content (AvgIpc) is 3.85. The van der Waals surface area contributed by atoms with E-state index in [2.05, 4.69) is 40.8 Å². The molecule has 9 rings (SSSR count). The minimum absolute atomic E-state index is 0.0625. The van der Waals surface area contributed by atoms with Crippen molar-refractivity contribution in [1.82, 2.24) is 39.7 Å². The number of pyridine rings is 2. The van der Waals surface area contributed by atoms with Crippen LogP contribution in [-0.2, 0) is 21.7 Å². The van der Waals surface area contributed by atoms with Crippen LogP contribution in [0.5, 0.6) is 5.75 Å². The minimum atomic E-state index is -1.01. The molecule has 346 valence electrons. The van der Waals surface area contributed by atoms with Gasteiger partial charge < -0.3 is 30.6 Å². The van der Waals surface area contributed by atoms with E-state index in [9.17, 15) is 28.0 Å². The van der Waals surface area contributed by atoms with Crippen LogP contribution in [0, 0.1) is 11.6 Å². The molecule has 2 fully saturated rings. The zero-order valence-electron chi connectivity index (χ0n) is 36.9. The lowest BCUT2D eigenvalue weighted by Gasteiger charge is -2.41. The first-order valence-electron chi connectivity index (χ1n) is 22.5.